The molecule has 0 unspecified atom stereocenters. The van der Waals surface area contributed by atoms with Gasteiger partial charge in [0.2, 0.25) is 5.92 Å². The van der Waals surface area contributed by atoms with Crippen LogP contribution in [0.5, 0.6) is 0 Å². The van der Waals surface area contributed by atoms with Gasteiger partial charge in [-0.1, -0.05) is 40.5 Å². The van der Waals surface area contributed by atoms with Gasteiger partial charge in [-0.15, -0.1) is 0 Å². The number of hydrogen-bond acceptors (Lipinski definition) is 0. The third-order valence-corrected chi connectivity index (χ3v) is 1.13. The van der Waals surface area contributed by atoms with Crippen LogP contribution in [-0.2, 0) is 0 Å². The predicted octanol–water partition coefficient (Wildman–Crippen LogP) is 4.25. The van der Waals surface area contributed by atoms with Crippen LogP contribution in [0, 0.1) is 0 Å². The Labute approximate surface area is 69.0 Å². The standard InChI is InChI=1S/C6H12F2.C3H8/c1-3-5-6(7,8)4-2;1-3-2/h3-5H2,1-2H3;3H2,1-2H3. The van der Waals surface area contributed by atoms with E-state index in [-0.39, 0.29) is 12.8 Å². The lowest BCUT2D eigenvalue weighted by Gasteiger charge is -2.10. The molecule has 0 fully saturated rings. The quantitative estimate of drug-likeness (QED) is 0.588. The van der Waals surface area contributed by atoms with E-state index in [1.54, 1.807) is 6.92 Å². The molecule has 0 rings (SSSR count). The molecule has 0 N–H and O–H groups in total. The molecule has 0 aliphatic carbocycles. The van der Waals surface area contributed by atoms with Crippen molar-refractivity contribution in [1.29, 1.82) is 0 Å². The van der Waals surface area contributed by atoms with E-state index in [0.717, 1.165) is 0 Å². The summed E-state index contributed by atoms with van der Waals surface area (Å²) in [5.74, 6) is -2.41. The first-order valence-corrected chi connectivity index (χ1v) is 4.41. The van der Waals surface area contributed by atoms with Gasteiger partial charge in [-0.05, 0) is 0 Å². The average Bonchev–Trinajstić information content (AvgIpc) is 1.90. The first kappa shape index (κ1) is 13.4. The van der Waals surface area contributed by atoms with Gasteiger partial charge in [0.25, 0.3) is 0 Å². The minimum Gasteiger partial charge on any atom is -0.207 e. The molecule has 0 bridgehead atoms. The fourth-order valence-electron chi connectivity index (χ4n) is 0.543. The summed E-state index contributed by atoms with van der Waals surface area (Å²) in [6, 6.07) is 0. The van der Waals surface area contributed by atoms with E-state index < -0.39 is 5.92 Å². The van der Waals surface area contributed by atoms with Crippen LogP contribution < -0.4 is 0 Å². The van der Waals surface area contributed by atoms with E-state index in [0.29, 0.717) is 6.42 Å². The molecule has 0 aliphatic rings. The van der Waals surface area contributed by atoms with Crippen molar-refractivity contribution < 1.29 is 8.78 Å². The molecule has 0 aromatic rings. The summed E-state index contributed by atoms with van der Waals surface area (Å²) in [5.41, 5.74) is 0. The van der Waals surface area contributed by atoms with Gasteiger partial charge in [-0.2, -0.15) is 0 Å². The number of alkyl halides is 2. The fourth-order valence-corrected chi connectivity index (χ4v) is 0.543. The maximum Gasteiger partial charge on any atom is 0.247 e. The molecule has 11 heavy (non-hydrogen) atoms. The lowest BCUT2D eigenvalue weighted by molar-refractivity contribution is -0.0119. The van der Waals surface area contributed by atoms with Gasteiger partial charge in [0.15, 0.2) is 0 Å². The van der Waals surface area contributed by atoms with Crippen molar-refractivity contribution in [3.8, 4) is 0 Å². The molecule has 0 radical (unpaired) electrons. The number of hydrogen-bond donors (Lipinski definition) is 0. The molecule has 0 amide bonds. The van der Waals surface area contributed by atoms with Crippen LogP contribution in [0.2, 0.25) is 0 Å². The largest absolute Gasteiger partial charge is 0.247 e. The second-order valence-corrected chi connectivity index (χ2v) is 2.67. The summed E-state index contributed by atoms with van der Waals surface area (Å²) >= 11 is 0. The van der Waals surface area contributed by atoms with Gasteiger partial charge >= 0.3 is 0 Å². The van der Waals surface area contributed by atoms with Crippen LogP contribution in [0.25, 0.3) is 0 Å². The predicted molar refractivity (Wildman–Crippen MR) is 46.1 cm³/mol. The zero-order chi connectivity index (χ0) is 9.33. The third-order valence-electron chi connectivity index (χ3n) is 1.13. The average molecular weight is 166 g/mol. The highest BCUT2D eigenvalue weighted by Gasteiger charge is 2.23. The molecule has 0 aromatic heterocycles. The lowest BCUT2D eigenvalue weighted by Crippen LogP contribution is -2.12. The summed E-state index contributed by atoms with van der Waals surface area (Å²) in [6.45, 7) is 7.53. The van der Waals surface area contributed by atoms with Crippen molar-refractivity contribution in [1.82, 2.24) is 0 Å². The molecule has 0 atom stereocenters. The Morgan fingerprint density at radius 3 is 1.45 bits per heavy atom. The Balaban J connectivity index is 0. The summed E-state index contributed by atoms with van der Waals surface area (Å²) < 4.78 is 24.3. The smallest absolute Gasteiger partial charge is 0.207 e. The molecule has 2 heteroatoms. The van der Waals surface area contributed by atoms with E-state index in [1.807, 2.05) is 0 Å². The van der Waals surface area contributed by atoms with Crippen molar-refractivity contribution in [2.45, 2.75) is 59.3 Å². The zero-order valence-corrected chi connectivity index (χ0v) is 8.08. The Bertz CT molecular complexity index is 70.0. The highest BCUT2D eigenvalue weighted by molar-refractivity contribution is 4.60. The van der Waals surface area contributed by atoms with Gasteiger partial charge in [-0.25, -0.2) is 8.78 Å². The van der Waals surface area contributed by atoms with Crippen molar-refractivity contribution >= 4 is 0 Å². The van der Waals surface area contributed by atoms with Crippen LogP contribution in [0.4, 0.5) is 8.78 Å². The summed E-state index contributed by atoms with van der Waals surface area (Å²) in [5, 5.41) is 0. The molecule has 0 heterocycles. The number of halogens is 2. The minimum absolute atomic E-state index is 0.0269. The molecule has 0 spiro atoms. The van der Waals surface area contributed by atoms with Crippen LogP contribution in [0.1, 0.15) is 53.4 Å². The second-order valence-electron chi connectivity index (χ2n) is 2.67. The molecule has 0 saturated carbocycles. The molecule has 0 aliphatic heterocycles. The molecule has 70 valence electrons. The normalized spacial score (nSPS) is 10.4. The van der Waals surface area contributed by atoms with Crippen LogP contribution >= 0.6 is 0 Å². The van der Waals surface area contributed by atoms with Gasteiger partial charge in [0, 0.05) is 12.8 Å². The monoisotopic (exact) mass is 166 g/mol. The lowest BCUT2D eigenvalue weighted by atomic mass is 10.1. The highest BCUT2D eigenvalue weighted by Crippen LogP contribution is 2.23. The molecular weight excluding hydrogens is 146 g/mol. The van der Waals surface area contributed by atoms with E-state index >= 15 is 0 Å². The molecule has 0 aromatic carbocycles. The fraction of sp³-hybridized carbons (Fsp3) is 1.00. The number of rotatable bonds is 3. The maximum absolute atomic E-state index is 12.2. The topological polar surface area (TPSA) is 0 Å². The highest BCUT2D eigenvalue weighted by atomic mass is 19.3. The third kappa shape index (κ3) is 12.9. The van der Waals surface area contributed by atoms with Gasteiger partial charge in [0.05, 0.1) is 0 Å². The zero-order valence-electron chi connectivity index (χ0n) is 8.08. The molecule has 0 saturated heterocycles. The summed E-state index contributed by atoms with van der Waals surface area (Å²) in [6.07, 6.45) is 1.82. The van der Waals surface area contributed by atoms with E-state index in [2.05, 4.69) is 13.8 Å². The van der Waals surface area contributed by atoms with E-state index in [4.69, 9.17) is 0 Å². The SMILES string of the molecule is CCC.CCCC(F)(F)CC. The van der Waals surface area contributed by atoms with Crippen molar-refractivity contribution in [2.24, 2.45) is 0 Å². The van der Waals surface area contributed by atoms with Crippen LogP contribution in [-0.4, -0.2) is 5.92 Å². The van der Waals surface area contributed by atoms with Crippen LogP contribution in [0.15, 0.2) is 0 Å². The van der Waals surface area contributed by atoms with Gasteiger partial charge in [0.1, 0.15) is 0 Å². The molecule has 0 nitrogen and oxygen atoms in total. The van der Waals surface area contributed by atoms with Crippen molar-refractivity contribution in [2.75, 3.05) is 0 Å². The molecular formula is C9H20F2. The second kappa shape index (κ2) is 7.96. The van der Waals surface area contributed by atoms with Crippen molar-refractivity contribution in [3.05, 3.63) is 0 Å². The van der Waals surface area contributed by atoms with E-state index in [9.17, 15) is 8.78 Å². The van der Waals surface area contributed by atoms with Gasteiger partial charge in [-0.3, -0.25) is 0 Å². The summed E-state index contributed by atoms with van der Waals surface area (Å²) in [7, 11) is 0. The van der Waals surface area contributed by atoms with E-state index in [1.165, 1.54) is 13.3 Å². The minimum atomic E-state index is -2.41. The Kier molecular flexibility index (Phi) is 9.73. The Morgan fingerprint density at radius 1 is 1.00 bits per heavy atom. The maximum atomic E-state index is 12.2. The first-order valence-electron chi connectivity index (χ1n) is 4.41. The Morgan fingerprint density at radius 2 is 1.36 bits per heavy atom. The summed E-state index contributed by atoms with van der Waals surface area (Å²) in [4.78, 5) is 0. The van der Waals surface area contributed by atoms with Crippen molar-refractivity contribution in [3.63, 3.8) is 0 Å². The first-order chi connectivity index (χ1) is 5.04. The van der Waals surface area contributed by atoms with Gasteiger partial charge < -0.3 is 0 Å². The van der Waals surface area contributed by atoms with Crippen LogP contribution in [0.3, 0.4) is 0 Å². The Hall–Kier alpha value is -0.140.